The predicted molar refractivity (Wildman–Crippen MR) is 139 cm³/mol. The van der Waals surface area contributed by atoms with Crippen molar-refractivity contribution in [2.45, 2.75) is 59.9 Å². The van der Waals surface area contributed by atoms with Crippen LogP contribution in [0, 0.1) is 12.8 Å². The van der Waals surface area contributed by atoms with Crippen LogP contribution < -0.4 is 9.47 Å². The Hall–Kier alpha value is -2.54. The summed E-state index contributed by atoms with van der Waals surface area (Å²) < 4.78 is 10.8. The van der Waals surface area contributed by atoms with Crippen LogP contribution >= 0.6 is 11.3 Å². The molecule has 0 radical (unpaired) electrons. The smallest absolute Gasteiger partial charge is 0.242 e. The molecular weight excluding hydrogens is 448 g/mol. The fourth-order valence-corrected chi connectivity index (χ4v) is 4.70. The lowest BCUT2D eigenvalue weighted by Crippen LogP contribution is -2.44. The third kappa shape index (κ3) is 8.67. The quantitative estimate of drug-likeness (QED) is 0.361. The molecule has 2 aromatic rings. The summed E-state index contributed by atoms with van der Waals surface area (Å²) in [5, 5.41) is 0. The van der Waals surface area contributed by atoms with Gasteiger partial charge in [-0.05, 0) is 55.5 Å². The Labute approximate surface area is 208 Å². The van der Waals surface area contributed by atoms with E-state index in [1.165, 1.54) is 4.88 Å². The van der Waals surface area contributed by atoms with Crippen molar-refractivity contribution in [1.29, 1.82) is 0 Å². The van der Waals surface area contributed by atoms with E-state index in [4.69, 9.17) is 9.47 Å². The van der Waals surface area contributed by atoms with E-state index in [9.17, 15) is 9.59 Å². The second-order valence-electron chi connectivity index (χ2n) is 9.04. The normalized spacial score (nSPS) is 10.9. The van der Waals surface area contributed by atoms with Gasteiger partial charge in [-0.15, -0.1) is 11.3 Å². The van der Waals surface area contributed by atoms with Gasteiger partial charge < -0.3 is 19.3 Å². The fraction of sp³-hybridized carbons (Fsp3) is 0.556. The highest BCUT2D eigenvalue weighted by atomic mass is 32.1. The second-order valence-corrected chi connectivity index (χ2v) is 10.4. The third-order valence-corrected chi connectivity index (χ3v) is 6.61. The molecule has 0 aliphatic rings. The molecule has 0 spiro atoms. The molecule has 6 nitrogen and oxygen atoms in total. The highest BCUT2D eigenvalue weighted by Gasteiger charge is 2.22. The first kappa shape index (κ1) is 27.7. The molecule has 0 saturated heterocycles. The van der Waals surface area contributed by atoms with Gasteiger partial charge in [0.2, 0.25) is 11.8 Å². The van der Waals surface area contributed by atoms with Gasteiger partial charge in [-0.3, -0.25) is 9.59 Å². The number of aryl methyl sites for hydroxylation is 1. The third-order valence-electron chi connectivity index (χ3n) is 5.62. The molecule has 0 fully saturated rings. The Bertz CT molecular complexity index is 925. The minimum atomic E-state index is -0.0166. The van der Waals surface area contributed by atoms with E-state index < -0.39 is 0 Å². The molecule has 34 heavy (non-hydrogen) atoms. The zero-order valence-corrected chi connectivity index (χ0v) is 22.4. The molecule has 0 aliphatic carbocycles. The van der Waals surface area contributed by atoms with Crippen molar-refractivity contribution in [1.82, 2.24) is 9.80 Å². The molecule has 1 aromatic carbocycles. The number of amides is 2. The Balaban J connectivity index is 2.17. The number of nitrogens with zero attached hydrogens (tertiary/aromatic N) is 2. The standard InChI is InChI=1S/C27H40N2O4S/c1-7-8-9-26(30)29(17-20(2)3)19-27(31)28(18-23-12-10-21(4)34-23)15-14-22-11-13-24(32-5)25(16-22)33-6/h10-13,16,20H,7-9,14-15,17-19H2,1-6H3. The first-order valence-electron chi connectivity index (χ1n) is 12.1. The first-order valence-corrected chi connectivity index (χ1v) is 12.9. The SMILES string of the molecule is CCCCC(=O)N(CC(=O)N(CCc1ccc(OC)c(OC)c1)Cc1ccc(C)s1)CC(C)C. The Morgan fingerprint density at radius 2 is 1.74 bits per heavy atom. The summed E-state index contributed by atoms with van der Waals surface area (Å²) in [6.45, 7) is 10.1. The molecule has 0 unspecified atom stereocenters. The van der Waals surface area contributed by atoms with E-state index >= 15 is 0 Å². The number of benzene rings is 1. The number of carbonyl (C=O) groups excluding carboxylic acids is 2. The molecule has 7 heteroatoms. The summed E-state index contributed by atoms with van der Waals surface area (Å²) in [6.07, 6.45) is 2.99. The number of rotatable bonds is 14. The van der Waals surface area contributed by atoms with Crippen molar-refractivity contribution >= 4 is 23.2 Å². The van der Waals surface area contributed by atoms with Crippen molar-refractivity contribution in [2.24, 2.45) is 5.92 Å². The molecule has 0 atom stereocenters. The maximum Gasteiger partial charge on any atom is 0.242 e. The van der Waals surface area contributed by atoms with E-state index in [1.807, 2.05) is 23.1 Å². The molecule has 188 valence electrons. The van der Waals surface area contributed by atoms with E-state index in [0.717, 1.165) is 23.3 Å². The fourth-order valence-electron chi connectivity index (χ4n) is 3.80. The van der Waals surface area contributed by atoms with Crippen LogP contribution in [-0.2, 0) is 22.6 Å². The molecule has 0 aliphatic heterocycles. The molecule has 1 heterocycles. The molecule has 1 aromatic heterocycles. The minimum Gasteiger partial charge on any atom is -0.493 e. The largest absolute Gasteiger partial charge is 0.493 e. The van der Waals surface area contributed by atoms with Crippen molar-refractivity contribution < 1.29 is 19.1 Å². The second kappa shape index (κ2) is 14.0. The minimum absolute atomic E-state index is 0.0166. The average molecular weight is 489 g/mol. The van der Waals surface area contributed by atoms with Crippen LogP contribution in [0.2, 0.25) is 0 Å². The van der Waals surface area contributed by atoms with E-state index in [2.05, 4.69) is 39.8 Å². The molecule has 0 N–H and O–H groups in total. The van der Waals surface area contributed by atoms with E-state index in [-0.39, 0.29) is 18.4 Å². The summed E-state index contributed by atoms with van der Waals surface area (Å²) in [5.74, 6) is 1.71. The molecule has 2 rings (SSSR count). The number of ether oxygens (including phenoxy) is 2. The van der Waals surface area contributed by atoms with E-state index in [0.29, 0.717) is 49.9 Å². The van der Waals surface area contributed by atoms with Gasteiger partial charge in [-0.1, -0.05) is 33.3 Å². The van der Waals surface area contributed by atoms with Crippen molar-refractivity contribution in [3.8, 4) is 11.5 Å². The number of thiophene rings is 1. The summed E-state index contributed by atoms with van der Waals surface area (Å²) in [7, 11) is 3.24. The summed E-state index contributed by atoms with van der Waals surface area (Å²) in [6, 6.07) is 10.00. The Morgan fingerprint density at radius 3 is 2.32 bits per heavy atom. The molecule has 0 bridgehead atoms. The zero-order valence-electron chi connectivity index (χ0n) is 21.6. The maximum absolute atomic E-state index is 13.5. The highest BCUT2D eigenvalue weighted by molar-refractivity contribution is 7.11. The number of unbranched alkanes of at least 4 members (excludes halogenated alkanes) is 1. The van der Waals surface area contributed by atoms with Crippen LogP contribution in [0.5, 0.6) is 11.5 Å². The highest BCUT2D eigenvalue weighted by Crippen LogP contribution is 2.28. The summed E-state index contributed by atoms with van der Waals surface area (Å²) in [4.78, 5) is 32.2. The van der Waals surface area contributed by atoms with E-state index in [1.54, 1.807) is 30.5 Å². The van der Waals surface area contributed by atoms with Gasteiger partial charge in [-0.2, -0.15) is 0 Å². The summed E-state index contributed by atoms with van der Waals surface area (Å²) in [5.41, 5.74) is 1.07. The maximum atomic E-state index is 13.5. The van der Waals surface area contributed by atoms with Crippen LogP contribution in [0.1, 0.15) is 55.4 Å². The molecule has 0 saturated carbocycles. The first-order chi connectivity index (χ1) is 16.3. The summed E-state index contributed by atoms with van der Waals surface area (Å²) >= 11 is 1.70. The van der Waals surface area contributed by atoms with Crippen LogP contribution in [0.25, 0.3) is 0 Å². The lowest BCUT2D eigenvalue weighted by Gasteiger charge is -2.29. The predicted octanol–water partition coefficient (Wildman–Crippen LogP) is 5.32. The molecular formula is C27H40N2O4S. The number of hydrogen-bond acceptors (Lipinski definition) is 5. The lowest BCUT2D eigenvalue weighted by molar-refractivity contribution is -0.141. The van der Waals surface area contributed by atoms with Crippen LogP contribution in [0.3, 0.4) is 0 Å². The number of carbonyl (C=O) groups is 2. The zero-order chi connectivity index (χ0) is 25.1. The Morgan fingerprint density at radius 1 is 1.00 bits per heavy atom. The van der Waals surface area contributed by atoms with Crippen LogP contribution in [0.4, 0.5) is 0 Å². The van der Waals surface area contributed by atoms with Gasteiger partial charge in [0.05, 0.1) is 27.3 Å². The number of methoxy groups -OCH3 is 2. The topological polar surface area (TPSA) is 59.1 Å². The van der Waals surface area contributed by atoms with Gasteiger partial charge in [-0.25, -0.2) is 0 Å². The van der Waals surface area contributed by atoms with Gasteiger partial charge in [0.15, 0.2) is 11.5 Å². The Kier molecular flexibility index (Phi) is 11.4. The van der Waals surface area contributed by atoms with Gasteiger partial charge in [0, 0.05) is 29.3 Å². The number of hydrogen-bond donors (Lipinski definition) is 0. The van der Waals surface area contributed by atoms with Crippen molar-refractivity contribution in [2.75, 3.05) is 33.9 Å². The lowest BCUT2D eigenvalue weighted by atomic mass is 10.1. The average Bonchev–Trinajstić information content (AvgIpc) is 3.23. The van der Waals surface area contributed by atoms with Gasteiger partial charge >= 0.3 is 0 Å². The molecule has 2 amide bonds. The van der Waals surface area contributed by atoms with Crippen molar-refractivity contribution in [3.63, 3.8) is 0 Å². The van der Waals surface area contributed by atoms with Gasteiger partial charge in [0.25, 0.3) is 0 Å². The van der Waals surface area contributed by atoms with Crippen molar-refractivity contribution in [3.05, 3.63) is 45.6 Å². The van der Waals surface area contributed by atoms with Crippen LogP contribution in [0.15, 0.2) is 30.3 Å². The van der Waals surface area contributed by atoms with Gasteiger partial charge in [0.1, 0.15) is 0 Å². The monoisotopic (exact) mass is 488 g/mol. The van der Waals surface area contributed by atoms with Crippen LogP contribution in [-0.4, -0.2) is 55.5 Å².